The lowest BCUT2D eigenvalue weighted by molar-refractivity contribution is -0.160. The van der Waals surface area contributed by atoms with Gasteiger partial charge in [-0.3, -0.25) is 9.59 Å². The van der Waals surface area contributed by atoms with Gasteiger partial charge in [-0.2, -0.15) is 0 Å². The maximum atomic E-state index is 13.7. The number of methoxy groups -OCH3 is 1. The van der Waals surface area contributed by atoms with Crippen molar-refractivity contribution in [3.8, 4) is 5.75 Å². The molecular weight excluding hydrogens is 402 g/mol. The van der Waals surface area contributed by atoms with Crippen LogP contribution < -0.4 is 4.74 Å². The molecule has 2 atom stereocenters. The molecule has 1 saturated heterocycles. The number of para-hydroxylation sites is 1. The molecule has 3 heterocycles. The summed E-state index contributed by atoms with van der Waals surface area (Å²) in [6.07, 6.45) is 4.84. The lowest BCUT2D eigenvalue weighted by atomic mass is 9.86. The number of rotatable bonds is 3. The molecular formula is C26H27N3O3. The number of carbonyl (C=O) groups excluding carboxylic acids is 2. The van der Waals surface area contributed by atoms with Crippen molar-refractivity contribution < 1.29 is 14.3 Å². The predicted molar refractivity (Wildman–Crippen MR) is 121 cm³/mol. The summed E-state index contributed by atoms with van der Waals surface area (Å²) in [7, 11) is 1.64. The first kappa shape index (κ1) is 19.4. The highest BCUT2D eigenvalue weighted by atomic mass is 16.5. The fraction of sp³-hybridized carbons (Fsp3) is 0.385. The highest BCUT2D eigenvalue weighted by Crippen LogP contribution is 2.43. The zero-order valence-corrected chi connectivity index (χ0v) is 18.2. The van der Waals surface area contributed by atoms with Crippen LogP contribution in [0.15, 0.2) is 48.5 Å². The molecule has 6 heteroatoms. The van der Waals surface area contributed by atoms with Crippen molar-refractivity contribution in [2.75, 3.05) is 13.7 Å². The highest BCUT2D eigenvalue weighted by molar-refractivity contribution is 5.97. The van der Waals surface area contributed by atoms with Crippen molar-refractivity contribution in [2.24, 2.45) is 0 Å². The third-order valence-electron chi connectivity index (χ3n) is 7.49. The third kappa shape index (κ3) is 2.85. The molecule has 0 bridgehead atoms. The Bertz CT molecular complexity index is 1190. The number of H-pyrrole nitrogens is 1. The minimum absolute atomic E-state index is 0.0339. The van der Waals surface area contributed by atoms with Gasteiger partial charge in [0.1, 0.15) is 18.3 Å². The molecule has 2 amide bonds. The van der Waals surface area contributed by atoms with E-state index < -0.39 is 6.04 Å². The van der Waals surface area contributed by atoms with Crippen LogP contribution in [0.3, 0.4) is 0 Å². The van der Waals surface area contributed by atoms with Gasteiger partial charge >= 0.3 is 0 Å². The summed E-state index contributed by atoms with van der Waals surface area (Å²) < 4.78 is 5.34. The van der Waals surface area contributed by atoms with Gasteiger partial charge in [0.05, 0.1) is 13.2 Å². The number of amides is 2. The van der Waals surface area contributed by atoms with Gasteiger partial charge < -0.3 is 19.5 Å². The van der Waals surface area contributed by atoms with Crippen molar-refractivity contribution in [1.82, 2.24) is 14.8 Å². The maximum Gasteiger partial charge on any atom is 0.246 e. The monoisotopic (exact) mass is 429 g/mol. The fourth-order valence-corrected chi connectivity index (χ4v) is 5.94. The Morgan fingerprint density at radius 1 is 1.00 bits per heavy atom. The zero-order valence-electron chi connectivity index (χ0n) is 18.2. The van der Waals surface area contributed by atoms with Crippen LogP contribution in [0.1, 0.15) is 48.5 Å². The highest BCUT2D eigenvalue weighted by Gasteiger charge is 2.49. The number of aromatic amines is 1. The molecule has 6 rings (SSSR count). The Labute approximate surface area is 187 Å². The Kier molecular flexibility index (Phi) is 4.49. The van der Waals surface area contributed by atoms with Gasteiger partial charge in [0.25, 0.3) is 0 Å². The summed E-state index contributed by atoms with van der Waals surface area (Å²) in [6, 6.07) is 15.5. The summed E-state index contributed by atoms with van der Waals surface area (Å²) in [6.45, 7) is 0.183. The largest absolute Gasteiger partial charge is 0.497 e. The second kappa shape index (κ2) is 7.40. The van der Waals surface area contributed by atoms with E-state index in [2.05, 4.69) is 17.1 Å². The molecule has 2 fully saturated rings. The van der Waals surface area contributed by atoms with Crippen molar-refractivity contribution >= 4 is 22.7 Å². The van der Waals surface area contributed by atoms with Crippen molar-refractivity contribution in [3.05, 3.63) is 65.4 Å². The van der Waals surface area contributed by atoms with Crippen LogP contribution in [0.25, 0.3) is 10.9 Å². The van der Waals surface area contributed by atoms with Crippen molar-refractivity contribution in [1.29, 1.82) is 0 Å². The van der Waals surface area contributed by atoms with Gasteiger partial charge in [-0.05, 0) is 42.2 Å². The Balaban J connectivity index is 1.49. The number of fused-ring (bicyclic) bond motifs is 4. The molecule has 6 nitrogen and oxygen atoms in total. The lowest BCUT2D eigenvalue weighted by Crippen LogP contribution is -2.64. The molecule has 0 unspecified atom stereocenters. The van der Waals surface area contributed by atoms with E-state index >= 15 is 0 Å². The molecule has 3 aliphatic rings. The van der Waals surface area contributed by atoms with Crippen LogP contribution in [0.5, 0.6) is 5.75 Å². The van der Waals surface area contributed by atoms with E-state index in [-0.39, 0.29) is 30.4 Å². The van der Waals surface area contributed by atoms with Gasteiger partial charge in [-0.25, -0.2) is 0 Å². The number of aromatic nitrogens is 1. The van der Waals surface area contributed by atoms with E-state index in [1.807, 2.05) is 46.2 Å². The average molecular weight is 430 g/mol. The minimum atomic E-state index is -0.462. The summed E-state index contributed by atoms with van der Waals surface area (Å²) in [5.41, 5.74) is 4.20. The Morgan fingerprint density at radius 3 is 2.50 bits per heavy atom. The van der Waals surface area contributed by atoms with Gasteiger partial charge in [-0.15, -0.1) is 0 Å². The second-order valence-electron chi connectivity index (χ2n) is 9.16. The van der Waals surface area contributed by atoms with Gasteiger partial charge in [0.2, 0.25) is 11.8 Å². The number of hydrogen-bond donors (Lipinski definition) is 1. The van der Waals surface area contributed by atoms with E-state index in [0.717, 1.165) is 59.2 Å². The van der Waals surface area contributed by atoms with Crippen LogP contribution in [0, 0.1) is 0 Å². The molecule has 0 spiro atoms. The number of ether oxygens (including phenoxy) is 1. The Hall–Kier alpha value is -3.28. The van der Waals surface area contributed by atoms with Crippen LogP contribution in [0.2, 0.25) is 0 Å². The summed E-state index contributed by atoms with van der Waals surface area (Å²) in [4.78, 5) is 34.6. The third-order valence-corrected chi connectivity index (χ3v) is 7.49. The van der Waals surface area contributed by atoms with E-state index in [9.17, 15) is 9.59 Å². The molecule has 164 valence electrons. The molecule has 3 aromatic rings. The van der Waals surface area contributed by atoms with Gasteiger partial charge in [0.15, 0.2) is 0 Å². The number of benzene rings is 2. The fourth-order valence-electron chi connectivity index (χ4n) is 5.94. The SMILES string of the molecule is COc1ccc([C@@H]2c3[nH]c4ccccc4c3C[C@@H]3C(=O)N(C4CCCC4)CC(=O)N23)cc1. The summed E-state index contributed by atoms with van der Waals surface area (Å²) >= 11 is 0. The zero-order chi connectivity index (χ0) is 21.8. The number of hydrogen-bond acceptors (Lipinski definition) is 3. The smallest absolute Gasteiger partial charge is 0.246 e. The number of carbonyl (C=O) groups is 2. The molecule has 0 radical (unpaired) electrons. The van der Waals surface area contributed by atoms with E-state index in [0.29, 0.717) is 6.42 Å². The summed E-state index contributed by atoms with van der Waals surface area (Å²) in [5.74, 6) is 0.906. The van der Waals surface area contributed by atoms with Gasteiger partial charge in [0, 0.05) is 29.1 Å². The molecule has 1 aliphatic carbocycles. The molecule has 1 saturated carbocycles. The van der Waals surface area contributed by atoms with E-state index in [1.165, 1.54) is 0 Å². The quantitative estimate of drug-likeness (QED) is 0.689. The predicted octanol–water partition coefficient (Wildman–Crippen LogP) is 3.80. The first-order valence-electron chi connectivity index (χ1n) is 11.5. The number of nitrogens with zero attached hydrogens (tertiary/aromatic N) is 2. The molecule has 2 aromatic carbocycles. The van der Waals surface area contributed by atoms with Gasteiger partial charge in [-0.1, -0.05) is 43.2 Å². The summed E-state index contributed by atoms with van der Waals surface area (Å²) in [5, 5.41) is 1.14. The maximum absolute atomic E-state index is 13.7. The standard InChI is InChI=1S/C26H27N3O3/c1-32-18-12-10-16(11-13-18)25-24-20(19-8-4-5-9-21(19)27-24)14-22-26(31)28(15-23(30)29(22)25)17-6-2-3-7-17/h4-5,8-13,17,22,25,27H,2-3,6-7,14-15H2,1H3/t22-,25-/m1/s1. The lowest BCUT2D eigenvalue weighted by Gasteiger charge is -2.48. The van der Waals surface area contributed by atoms with Crippen molar-refractivity contribution in [2.45, 2.75) is 50.2 Å². The average Bonchev–Trinajstić information content (AvgIpc) is 3.48. The topological polar surface area (TPSA) is 65.6 Å². The number of piperazine rings is 1. The molecule has 32 heavy (non-hydrogen) atoms. The minimum Gasteiger partial charge on any atom is -0.497 e. The van der Waals surface area contributed by atoms with Crippen molar-refractivity contribution in [3.63, 3.8) is 0 Å². The molecule has 1 aromatic heterocycles. The van der Waals surface area contributed by atoms with E-state index in [4.69, 9.17) is 4.74 Å². The van der Waals surface area contributed by atoms with Crippen LogP contribution in [-0.4, -0.2) is 52.3 Å². The van der Waals surface area contributed by atoms with Crippen LogP contribution in [0.4, 0.5) is 0 Å². The Morgan fingerprint density at radius 2 is 1.75 bits per heavy atom. The number of nitrogens with one attached hydrogen (secondary N) is 1. The molecule has 2 aliphatic heterocycles. The first-order valence-corrected chi connectivity index (χ1v) is 11.5. The molecule has 1 N–H and O–H groups in total. The first-order chi connectivity index (χ1) is 15.7. The normalized spacial score (nSPS) is 23.5. The van der Waals surface area contributed by atoms with Crippen LogP contribution in [-0.2, 0) is 16.0 Å². The van der Waals surface area contributed by atoms with Crippen LogP contribution >= 0.6 is 0 Å². The van der Waals surface area contributed by atoms with E-state index in [1.54, 1.807) is 7.11 Å². The second-order valence-corrected chi connectivity index (χ2v) is 9.16.